The van der Waals surface area contributed by atoms with Crippen LogP contribution < -0.4 is 9.47 Å². The number of carbonyl (C=O) groups is 1. The Morgan fingerprint density at radius 3 is 2.50 bits per heavy atom. The lowest BCUT2D eigenvalue weighted by Crippen LogP contribution is -1.93. The van der Waals surface area contributed by atoms with Gasteiger partial charge in [0.2, 0.25) is 5.12 Å². The largest absolute Gasteiger partial charge is 0.493 e. The van der Waals surface area contributed by atoms with E-state index in [1.165, 1.54) is 11.8 Å². The lowest BCUT2D eigenvalue weighted by atomic mass is 10.1. The summed E-state index contributed by atoms with van der Waals surface area (Å²) >= 11 is 8.75. The average molecular weight is 330 g/mol. The first-order chi connectivity index (χ1) is 9.58. The van der Waals surface area contributed by atoms with Gasteiger partial charge in [-0.2, -0.15) is 0 Å². The molecule has 0 amide bonds. The van der Waals surface area contributed by atoms with Gasteiger partial charge in [-0.05, 0) is 35.7 Å². The van der Waals surface area contributed by atoms with Crippen molar-refractivity contribution in [3.05, 3.63) is 28.4 Å². The van der Waals surface area contributed by atoms with Gasteiger partial charge in [-0.3, -0.25) is 4.79 Å². The van der Waals surface area contributed by atoms with E-state index < -0.39 is 0 Å². The molecule has 0 N–H and O–H groups in total. The van der Waals surface area contributed by atoms with Crippen molar-refractivity contribution in [2.75, 3.05) is 20.5 Å². The summed E-state index contributed by atoms with van der Waals surface area (Å²) < 4.78 is 11.1. The maximum Gasteiger partial charge on any atom is 0.244 e. The van der Waals surface area contributed by atoms with Crippen LogP contribution in [0.4, 0.5) is 0 Å². The number of ether oxygens (including phenoxy) is 2. The number of hydrogen-bond donors (Lipinski definition) is 0. The molecule has 1 aromatic rings. The van der Waals surface area contributed by atoms with Crippen molar-refractivity contribution in [3.8, 4) is 11.5 Å². The highest BCUT2D eigenvalue weighted by molar-refractivity contribution is 8.45. The van der Waals surface area contributed by atoms with Crippen molar-refractivity contribution in [2.24, 2.45) is 4.99 Å². The van der Waals surface area contributed by atoms with E-state index in [9.17, 15) is 4.79 Å². The minimum Gasteiger partial charge on any atom is -0.493 e. The third-order valence-electron chi connectivity index (χ3n) is 2.57. The maximum atomic E-state index is 11.8. The molecule has 2 rings (SSSR count). The summed E-state index contributed by atoms with van der Waals surface area (Å²) in [6.07, 6.45) is 3.54. The van der Waals surface area contributed by atoms with Crippen LogP contribution in [0.2, 0.25) is 5.02 Å². The number of thioether (sulfide) groups is 2. The summed E-state index contributed by atoms with van der Waals surface area (Å²) in [6.45, 7) is 0. The fraction of sp³-hybridized carbons (Fsp3) is 0.231. The summed E-state index contributed by atoms with van der Waals surface area (Å²) in [5.41, 5.74) is 1.05. The minimum atomic E-state index is -0.0831. The number of rotatable bonds is 3. The molecule has 1 aromatic carbocycles. The molecule has 0 spiro atoms. The standard InChI is InChI=1S/C13H12ClNO3S2/c1-17-10-5-7(8(14)6-11(10)18-2)4-9-12(16)20-13(15-9)19-3/h4-6H,1-3H3. The Labute approximate surface area is 130 Å². The number of carbonyl (C=O) groups excluding carboxylic acids is 1. The quantitative estimate of drug-likeness (QED) is 0.791. The van der Waals surface area contributed by atoms with E-state index in [1.54, 1.807) is 32.4 Å². The van der Waals surface area contributed by atoms with Crippen LogP contribution in [0.25, 0.3) is 6.08 Å². The van der Waals surface area contributed by atoms with Gasteiger partial charge in [0.15, 0.2) is 11.5 Å². The molecule has 0 unspecified atom stereocenters. The van der Waals surface area contributed by atoms with Crippen molar-refractivity contribution in [3.63, 3.8) is 0 Å². The average Bonchev–Trinajstić information content (AvgIpc) is 2.81. The zero-order valence-electron chi connectivity index (χ0n) is 11.1. The molecule has 4 nitrogen and oxygen atoms in total. The Morgan fingerprint density at radius 2 is 1.95 bits per heavy atom. The van der Waals surface area contributed by atoms with Gasteiger partial charge in [-0.15, -0.1) is 11.8 Å². The molecule has 1 aliphatic heterocycles. The van der Waals surface area contributed by atoms with E-state index in [4.69, 9.17) is 21.1 Å². The highest BCUT2D eigenvalue weighted by Crippen LogP contribution is 2.36. The van der Waals surface area contributed by atoms with Crippen LogP contribution in [0.1, 0.15) is 5.56 Å². The molecule has 0 aromatic heterocycles. The lowest BCUT2D eigenvalue weighted by Gasteiger charge is -2.09. The van der Waals surface area contributed by atoms with Gasteiger partial charge in [-0.25, -0.2) is 4.99 Å². The second-order valence-corrected chi connectivity index (χ2v) is 6.15. The smallest absolute Gasteiger partial charge is 0.244 e. The van der Waals surface area contributed by atoms with Crippen molar-refractivity contribution < 1.29 is 14.3 Å². The van der Waals surface area contributed by atoms with Gasteiger partial charge in [-0.1, -0.05) is 11.6 Å². The van der Waals surface area contributed by atoms with E-state index in [2.05, 4.69) is 4.99 Å². The molecule has 1 heterocycles. The molecule has 20 heavy (non-hydrogen) atoms. The van der Waals surface area contributed by atoms with Crippen LogP contribution in [0, 0.1) is 0 Å². The monoisotopic (exact) mass is 329 g/mol. The molecule has 0 saturated heterocycles. The summed E-state index contributed by atoms with van der Waals surface area (Å²) in [5, 5.41) is 0.390. The van der Waals surface area contributed by atoms with Gasteiger partial charge < -0.3 is 9.47 Å². The summed E-state index contributed by atoms with van der Waals surface area (Å²) in [4.78, 5) is 16.1. The number of halogens is 1. The van der Waals surface area contributed by atoms with E-state index in [0.717, 1.165) is 16.1 Å². The third kappa shape index (κ3) is 3.13. The van der Waals surface area contributed by atoms with Crippen molar-refractivity contribution in [1.82, 2.24) is 0 Å². The Balaban J connectivity index is 2.44. The molecule has 7 heteroatoms. The fourth-order valence-electron chi connectivity index (χ4n) is 1.60. The SMILES string of the molecule is COc1cc(Cl)c(C=C2N=C(SC)SC2=O)cc1OC. The summed E-state index contributed by atoms with van der Waals surface area (Å²) in [7, 11) is 3.09. The summed E-state index contributed by atoms with van der Waals surface area (Å²) in [5.74, 6) is 1.09. The number of methoxy groups -OCH3 is 2. The van der Waals surface area contributed by atoms with Gasteiger partial charge in [0.05, 0.1) is 19.2 Å². The first-order valence-corrected chi connectivity index (χ1v) is 7.99. The normalized spacial score (nSPS) is 16.5. The molecule has 1 aliphatic rings. The fourth-order valence-corrected chi connectivity index (χ4v) is 3.07. The third-order valence-corrected chi connectivity index (χ3v) is 4.75. The number of aliphatic imine (C=N–C) groups is 1. The lowest BCUT2D eigenvalue weighted by molar-refractivity contribution is -0.107. The highest BCUT2D eigenvalue weighted by atomic mass is 35.5. The first kappa shape index (κ1) is 15.3. The zero-order valence-corrected chi connectivity index (χ0v) is 13.5. The molecule has 0 aliphatic carbocycles. The van der Waals surface area contributed by atoms with Gasteiger partial charge >= 0.3 is 0 Å². The molecule has 0 saturated carbocycles. The van der Waals surface area contributed by atoms with Crippen LogP contribution in [0.3, 0.4) is 0 Å². The molecular formula is C13H12ClNO3S2. The van der Waals surface area contributed by atoms with Gasteiger partial charge in [0.1, 0.15) is 10.1 Å². The second-order valence-electron chi connectivity index (χ2n) is 3.73. The van der Waals surface area contributed by atoms with Crippen molar-refractivity contribution >= 4 is 50.7 Å². The van der Waals surface area contributed by atoms with Gasteiger partial charge in [0, 0.05) is 6.07 Å². The molecule has 0 fully saturated rings. The Bertz CT molecular complexity index is 614. The summed E-state index contributed by atoms with van der Waals surface area (Å²) in [6, 6.07) is 3.37. The van der Waals surface area contributed by atoms with E-state index in [0.29, 0.717) is 27.8 Å². The van der Waals surface area contributed by atoms with Crippen molar-refractivity contribution in [1.29, 1.82) is 0 Å². The molecule has 106 valence electrons. The van der Waals surface area contributed by atoms with E-state index in [-0.39, 0.29) is 5.12 Å². The van der Waals surface area contributed by atoms with Crippen LogP contribution in [0.5, 0.6) is 11.5 Å². The Kier molecular flexibility index (Phi) is 5.01. The van der Waals surface area contributed by atoms with Gasteiger partial charge in [0.25, 0.3) is 0 Å². The Morgan fingerprint density at radius 1 is 1.30 bits per heavy atom. The van der Waals surface area contributed by atoms with E-state index in [1.807, 2.05) is 6.26 Å². The highest BCUT2D eigenvalue weighted by Gasteiger charge is 2.22. The minimum absolute atomic E-state index is 0.0831. The predicted octanol–water partition coefficient (Wildman–Crippen LogP) is 3.69. The topological polar surface area (TPSA) is 47.9 Å². The molecule has 0 atom stereocenters. The zero-order chi connectivity index (χ0) is 14.7. The maximum absolute atomic E-state index is 11.8. The number of benzene rings is 1. The number of nitrogens with zero attached hydrogens (tertiary/aromatic N) is 1. The Hall–Kier alpha value is -1.11. The number of hydrogen-bond acceptors (Lipinski definition) is 6. The van der Waals surface area contributed by atoms with Crippen LogP contribution in [-0.4, -0.2) is 30.0 Å². The van der Waals surface area contributed by atoms with Crippen LogP contribution in [0.15, 0.2) is 22.8 Å². The van der Waals surface area contributed by atoms with Crippen LogP contribution in [-0.2, 0) is 4.79 Å². The molecular weight excluding hydrogens is 318 g/mol. The predicted molar refractivity (Wildman–Crippen MR) is 86.1 cm³/mol. The first-order valence-electron chi connectivity index (χ1n) is 5.57. The molecule has 0 radical (unpaired) electrons. The van der Waals surface area contributed by atoms with Crippen molar-refractivity contribution in [2.45, 2.75) is 0 Å². The van der Waals surface area contributed by atoms with Crippen LogP contribution >= 0.6 is 35.1 Å². The second kappa shape index (κ2) is 6.56. The van der Waals surface area contributed by atoms with E-state index >= 15 is 0 Å². The molecule has 0 bridgehead atoms.